The molecule has 1 rings (SSSR count). The standard InChI is InChI=1S/C8H11BO3S/c1-2-13-8-5-3-4-7(6-8)12-9(10)11/h3-6,10-11H,2H2,1H3. The summed E-state index contributed by atoms with van der Waals surface area (Å²) in [5.41, 5.74) is 0. The summed E-state index contributed by atoms with van der Waals surface area (Å²) >= 11 is 1.67. The molecule has 1 aromatic rings. The predicted octanol–water partition coefficient (Wildman–Crippen LogP) is 1.15. The molecule has 13 heavy (non-hydrogen) atoms. The van der Waals surface area contributed by atoms with Gasteiger partial charge in [-0.3, -0.25) is 0 Å². The molecule has 70 valence electrons. The third-order valence-electron chi connectivity index (χ3n) is 1.36. The molecule has 2 N–H and O–H groups in total. The van der Waals surface area contributed by atoms with Gasteiger partial charge in [-0.05, 0) is 24.0 Å². The lowest BCUT2D eigenvalue weighted by Crippen LogP contribution is -2.20. The Hall–Kier alpha value is -0.645. The number of benzene rings is 1. The number of rotatable bonds is 4. The van der Waals surface area contributed by atoms with E-state index in [-0.39, 0.29) is 0 Å². The first kappa shape index (κ1) is 10.4. The summed E-state index contributed by atoms with van der Waals surface area (Å²) in [6.45, 7) is 2.05. The SMILES string of the molecule is CCSc1cccc(OB(O)O)c1. The van der Waals surface area contributed by atoms with Gasteiger partial charge < -0.3 is 14.7 Å². The van der Waals surface area contributed by atoms with E-state index in [4.69, 9.17) is 14.7 Å². The smallest absolute Gasteiger partial charge is 0.512 e. The third-order valence-corrected chi connectivity index (χ3v) is 2.23. The van der Waals surface area contributed by atoms with Crippen molar-refractivity contribution in [1.29, 1.82) is 0 Å². The Balaban J connectivity index is 2.67. The fourth-order valence-corrected chi connectivity index (χ4v) is 1.63. The van der Waals surface area contributed by atoms with E-state index >= 15 is 0 Å². The van der Waals surface area contributed by atoms with E-state index in [0.29, 0.717) is 5.75 Å². The first-order valence-corrected chi connectivity index (χ1v) is 4.96. The van der Waals surface area contributed by atoms with E-state index in [2.05, 4.69) is 6.92 Å². The second-order valence-electron chi connectivity index (χ2n) is 2.35. The second-order valence-corrected chi connectivity index (χ2v) is 3.69. The van der Waals surface area contributed by atoms with Gasteiger partial charge >= 0.3 is 7.32 Å². The zero-order valence-electron chi connectivity index (χ0n) is 7.30. The van der Waals surface area contributed by atoms with E-state index in [1.54, 1.807) is 23.9 Å². The molecule has 0 aliphatic carbocycles. The second kappa shape index (κ2) is 5.16. The van der Waals surface area contributed by atoms with Crippen molar-refractivity contribution in [2.45, 2.75) is 11.8 Å². The van der Waals surface area contributed by atoms with Crippen molar-refractivity contribution in [3.05, 3.63) is 24.3 Å². The Labute approximate surface area is 81.9 Å². The largest absolute Gasteiger partial charge is 0.707 e. The number of hydrogen-bond acceptors (Lipinski definition) is 4. The predicted molar refractivity (Wildman–Crippen MR) is 53.7 cm³/mol. The molecule has 1 aromatic carbocycles. The maximum absolute atomic E-state index is 8.55. The van der Waals surface area contributed by atoms with Crippen LogP contribution in [0.25, 0.3) is 0 Å². The number of hydrogen-bond donors (Lipinski definition) is 2. The molecule has 0 aliphatic heterocycles. The van der Waals surface area contributed by atoms with Gasteiger partial charge in [-0.1, -0.05) is 13.0 Å². The van der Waals surface area contributed by atoms with Crippen LogP contribution in [0.5, 0.6) is 5.75 Å². The molecule has 5 heteroatoms. The molecule has 0 aromatic heterocycles. The Kier molecular flexibility index (Phi) is 4.15. The van der Waals surface area contributed by atoms with Gasteiger partial charge in [0, 0.05) is 4.90 Å². The lowest BCUT2D eigenvalue weighted by molar-refractivity contribution is 0.288. The third kappa shape index (κ3) is 3.72. The summed E-state index contributed by atoms with van der Waals surface area (Å²) < 4.78 is 4.70. The van der Waals surface area contributed by atoms with E-state index in [9.17, 15) is 0 Å². The van der Waals surface area contributed by atoms with Crippen LogP contribution in [0.15, 0.2) is 29.2 Å². The first-order valence-electron chi connectivity index (χ1n) is 3.98. The lowest BCUT2D eigenvalue weighted by atomic mass is 10.2. The van der Waals surface area contributed by atoms with E-state index in [0.717, 1.165) is 10.6 Å². The van der Waals surface area contributed by atoms with Gasteiger partial charge in [0.2, 0.25) is 0 Å². The van der Waals surface area contributed by atoms with E-state index in [1.165, 1.54) is 0 Å². The highest BCUT2D eigenvalue weighted by molar-refractivity contribution is 7.99. The Morgan fingerprint density at radius 1 is 1.46 bits per heavy atom. The average Bonchev–Trinajstić information content (AvgIpc) is 2.04. The molecule has 0 heterocycles. The van der Waals surface area contributed by atoms with Gasteiger partial charge in [-0.25, -0.2) is 0 Å². The highest BCUT2D eigenvalue weighted by Gasteiger charge is 2.10. The normalized spacial score (nSPS) is 9.77. The van der Waals surface area contributed by atoms with Crippen LogP contribution < -0.4 is 4.65 Å². The molecule has 0 aliphatic rings. The molecule has 0 atom stereocenters. The monoisotopic (exact) mass is 198 g/mol. The molecule has 3 nitrogen and oxygen atoms in total. The fraction of sp³-hybridized carbons (Fsp3) is 0.250. The maximum Gasteiger partial charge on any atom is 0.707 e. The van der Waals surface area contributed by atoms with Crippen LogP contribution in [0.2, 0.25) is 0 Å². The molecule has 0 bridgehead atoms. The van der Waals surface area contributed by atoms with Gasteiger partial charge in [0.25, 0.3) is 0 Å². The average molecular weight is 198 g/mol. The summed E-state index contributed by atoms with van der Waals surface area (Å²) in [6, 6.07) is 7.22. The summed E-state index contributed by atoms with van der Waals surface area (Å²) in [5, 5.41) is 17.1. The minimum atomic E-state index is -1.75. The van der Waals surface area contributed by atoms with Crippen molar-refractivity contribution in [2.24, 2.45) is 0 Å². The van der Waals surface area contributed by atoms with Gasteiger partial charge in [0.1, 0.15) is 5.75 Å². The first-order chi connectivity index (χ1) is 6.22. The Morgan fingerprint density at radius 3 is 2.85 bits per heavy atom. The van der Waals surface area contributed by atoms with Crippen LogP contribution in [-0.2, 0) is 0 Å². The van der Waals surface area contributed by atoms with E-state index in [1.807, 2.05) is 12.1 Å². The Bertz CT molecular complexity index is 267. The van der Waals surface area contributed by atoms with Crippen molar-refractivity contribution < 1.29 is 14.7 Å². The van der Waals surface area contributed by atoms with Crippen molar-refractivity contribution in [3.8, 4) is 5.75 Å². The van der Waals surface area contributed by atoms with Gasteiger partial charge in [-0.2, -0.15) is 0 Å². The summed E-state index contributed by atoms with van der Waals surface area (Å²) in [4.78, 5) is 1.06. The van der Waals surface area contributed by atoms with Crippen molar-refractivity contribution in [1.82, 2.24) is 0 Å². The van der Waals surface area contributed by atoms with Crippen LogP contribution in [0, 0.1) is 0 Å². The molecule has 0 fully saturated rings. The molecular formula is C8H11BO3S. The topological polar surface area (TPSA) is 49.7 Å². The molecule has 0 amide bonds. The summed E-state index contributed by atoms with van der Waals surface area (Å²) in [6.07, 6.45) is 0. The fourth-order valence-electron chi connectivity index (χ4n) is 0.926. The van der Waals surface area contributed by atoms with Crippen LogP contribution in [-0.4, -0.2) is 23.1 Å². The Morgan fingerprint density at radius 2 is 2.23 bits per heavy atom. The van der Waals surface area contributed by atoms with Crippen LogP contribution in [0.4, 0.5) is 0 Å². The summed E-state index contributed by atoms with van der Waals surface area (Å²) in [7, 11) is -1.75. The maximum atomic E-state index is 8.55. The highest BCUT2D eigenvalue weighted by Crippen LogP contribution is 2.22. The van der Waals surface area contributed by atoms with Crippen LogP contribution in [0.1, 0.15) is 6.92 Å². The van der Waals surface area contributed by atoms with Crippen LogP contribution in [0.3, 0.4) is 0 Å². The van der Waals surface area contributed by atoms with Crippen molar-refractivity contribution in [3.63, 3.8) is 0 Å². The van der Waals surface area contributed by atoms with E-state index < -0.39 is 7.32 Å². The zero-order chi connectivity index (χ0) is 9.68. The highest BCUT2D eigenvalue weighted by atomic mass is 32.2. The quantitative estimate of drug-likeness (QED) is 0.562. The molecule has 0 saturated carbocycles. The van der Waals surface area contributed by atoms with Gasteiger partial charge in [0.15, 0.2) is 0 Å². The molecule has 0 radical (unpaired) electrons. The van der Waals surface area contributed by atoms with Crippen LogP contribution >= 0.6 is 11.8 Å². The lowest BCUT2D eigenvalue weighted by Gasteiger charge is -2.05. The van der Waals surface area contributed by atoms with Crippen molar-refractivity contribution in [2.75, 3.05) is 5.75 Å². The minimum absolute atomic E-state index is 0.466. The minimum Gasteiger partial charge on any atom is -0.512 e. The molecule has 0 saturated heterocycles. The number of thioether (sulfide) groups is 1. The van der Waals surface area contributed by atoms with Gasteiger partial charge in [-0.15, -0.1) is 11.8 Å². The summed E-state index contributed by atoms with van der Waals surface area (Å²) in [5.74, 6) is 1.44. The van der Waals surface area contributed by atoms with Crippen molar-refractivity contribution >= 4 is 19.1 Å². The van der Waals surface area contributed by atoms with Gasteiger partial charge in [0.05, 0.1) is 0 Å². The molecule has 0 spiro atoms. The molecular weight excluding hydrogens is 187 g/mol. The zero-order valence-corrected chi connectivity index (χ0v) is 8.12. The molecule has 0 unspecified atom stereocenters.